The molecule has 8 heteroatoms. The van der Waals surface area contributed by atoms with Crippen LogP contribution in [-0.2, 0) is 21.2 Å². The smallest absolute Gasteiger partial charge is 0.261 e. The van der Waals surface area contributed by atoms with Gasteiger partial charge in [-0.05, 0) is 66.6 Å². The molecule has 0 aliphatic rings. The van der Waals surface area contributed by atoms with Crippen molar-refractivity contribution in [2.45, 2.75) is 18.2 Å². The lowest BCUT2D eigenvalue weighted by molar-refractivity contribution is -0.115. The van der Waals surface area contributed by atoms with Crippen molar-refractivity contribution in [2.24, 2.45) is 0 Å². The number of anilines is 2. The Labute approximate surface area is 179 Å². The highest BCUT2D eigenvalue weighted by Crippen LogP contribution is 2.24. The molecular formula is C21H18Cl2N2O3S. The first-order chi connectivity index (χ1) is 13.7. The average molecular weight is 449 g/mol. The summed E-state index contributed by atoms with van der Waals surface area (Å²) in [6.45, 7) is 1.79. The number of hydrogen-bond acceptors (Lipinski definition) is 3. The SMILES string of the molecule is Cc1ccc(Cl)cc1NS(=O)(=O)c1ccc(NC(=O)Cc2ccc(Cl)cc2)cc1. The summed E-state index contributed by atoms with van der Waals surface area (Å²) in [5.41, 5.74) is 2.50. The monoisotopic (exact) mass is 448 g/mol. The number of halogens is 2. The molecule has 0 atom stereocenters. The molecule has 0 aliphatic heterocycles. The van der Waals surface area contributed by atoms with Crippen molar-refractivity contribution in [1.82, 2.24) is 0 Å². The van der Waals surface area contributed by atoms with Crippen molar-refractivity contribution >= 4 is 50.5 Å². The minimum atomic E-state index is -3.78. The Kier molecular flexibility index (Phi) is 6.47. The molecular weight excluding hydrogens is 431 g/mol. The highest BCUT2D eigenvalue weighted by Gasteiger charge is 2.16. The Morgan fingerprint density at radius 1 is 0.897 bits per heavy atom. The number of nitrogens with one attached hydrogen (secondary N) is 2. The molecule has 0 saturated heterocycles. The number of sulfonamides is 1. The van der Waals surface area contributed by atoms with Crippen molar-refractivity contribution in [3.63, 3.8) is 0 Å². The van der Waals surface area contributed by atoms with E-state index >= 15 is 0 Å². The van der Waals surface area contributed by atoms with Gasteiger partial charge in [0.05, 0.1) is 17.0 Å². The molecule has 2 N–H and O–H groups in total. The van der Waals surface area contributed by atoms with Gasteiger partial charge in [0.2, 0.25) is 5.91 Å². The van der Waals surface area contributed by atoms with Crippen LogP contribution < -0.4 is 10.0 Å². The molecule has 0 fully saturated rings. The third-order valence-corrected chi connectivity index (χ3v) is 6.04. The first kappa shape index (κ1) is 21.2. The molecule has 0 heterocycles. The van der Waals surface area contributed by atoms with E-state index < -0.39 is 10.0 Å². The minimum absolute atomic E-state index is 0.0765. The number of carbonyl (C=O) groups excluding carboxylic acids is 1. The van der Waals surface area contributed by atoms with Crippen LogP contribution in [0.2, 0.25) is 10.0 Å². The van der Waals surface area contributed by atoms with Gasteiger partial charge in [-0.3, -0.25) is 9.52 Å². The molecule has 150 valence electrons. The van der Waals surface area contributed by atoms with E-state index in [0.29, 0.717) is 21.4 Å². The standard InChI is InChI=1S/C21H18Cl2N2O3S/c1-14-2-5-17(23)13-20(14)25-29(27,28)19-10-8-18(9-11-19)24-21(26)12-15-3-6-16(22)7-4-15/h2-11,13,25H,12H2,1H3,(H,24,26). The van der Waals surface area contributed by atoms with Crippen LogP contribution in [0.15, 0.2) is 71.6 Å². The summed E-state index contributed by atoms with van der Waals surface area (Å²) in [4.78, 5) is 12.2. The molecule has 0 aliphatic carbocycles. The van der Waals surface area contributed by atoms with Crippen molar-refractivity contribution in [2.75, 3.05) is 10.0 Å². The Balaban J connectivity index is 1.68. The fraction of sp³-hybridized carbons (Fsp3) is 0.0952. The van der Waals surface area contributed by atoms with Crippen LogP contribution in [0.25, 0.3) is 0 Å². The molecule has 3 aromatic carbocycles. The topological polar surface area (TPSA) is 75.3 Å². The van der Waals surface area contributed by atoms with Gasteiger partial charge in [0.1, 0.15) is 0 Å². The highest BCUT2D eigenvalue weighted by atomic mass is 35.5. The van der Waals surface area contributed by atoms with E-state index in [4.69, 9.17) is 23.2 Å². The minimum Gasteiger partial charge on any atom is -0.326 e. The second-order valence-corrected chi connectivity index (χ2v) is 9.00. The molecule has 3 rings (SSSR count). The van der Waals surface area contributed by atoms with Crippen LogP contribution in [-0.4, -0.2) is 14.3 Å². The Bertz CT molecular complexity index is 1130. The summed E-state index contributed by atoms with van der Waals surface area (Å²) in [6.07, 6.45) is 0.187. The third-order valence-electron chi connectivity index (χ3n) is 4.17. The molecule has 3 aromatic rings. The fourth-order valence-corrected chi connectivity index (χ4v) is 4.04. The Morgan fingerprint density at radius 2 is 1.52 bits per heavy atom. The lowest BCUT2D eigenvalue weighted by Gasteiger charge is -2.12. The fourth-order valence-electron chi connectivity index (χ4n) is 2.62. The van der Waals surface area contributed by atoms with Gasteiger partial charge in [-0.25, -0.2) is 8.42 Å². The van der Waals surface area contributed by atoms with E-state index in [0.717, 1.165) is 11.1 Å². The van der Waals surface area contributed by atoms with Crippen molar-refractivity contribution in [1.29, 1.82) is 0 Å². The zero-order valence-corrected chi connectivity index (χ0v) is 17.8. The summed E-state index contributed by atoms with van der Waals surface area (Å²) in [5.74, 6) is -0.212. The lowest BCUT2D eigenvalue weighted by Crippen LogP contribution is -2.15. The predicted molar refractivity (Wildman–Crippen MR) is 117 cm³/mol. The van der Waals surface area contributed by atoms with Crippen molar-refractivity contribution in [3.8, 4) is 0 Å². The molecule has 0 radical (unpaired) electrons. The van der Waals surface area contributed by atoms with Gasteiger partial charge >= 0.3 is 0 Å². The maximum absolute atomic E-state index is 12.6. The molecule has 0 unspecified atom stereocenters. The molecule has 29 heavy (non-hydrogen) atoms. The van der Waals surface area contributed by atoms with Crippen LogP contribution in [0.5, 0.6) is 0 Å². The molecule has 0 bridgehead atoms. The largest absolute Gasteiger partial charge is 0.326 e. The second kappa shape index (κ2) is 8.86. The van der Waals surface area contributed by atoms with E-state index in [9.17, 15) is 13.2 Å². The number of aryl methyl sites for hydroxylation is 1. The zero-order valence-electron chi connectivity index (χ0n) is 15.4. The quantitative estimate of drug-likeness (QED) is 0.538. The highest BCUT2D eigenvalue weighted by molar-refractivity contribution is 7.92. The van der Waals surface area contributed by atoms with Gasteiger partial charge in [0.15, 0.2) is 0 Å². The first-order valence-corrected chi connectivity index (χ1v) is 10.9. The van der Waals surface area contributed by atoms with Gasteiger partial charge in [-0.1, -0.05) is 41.4 Å². The average Bonchev–Trinajstić information content (AvgIpc) is 2.67. The van der Waals surface area contributed by atoms with Crippen LogP contribution in [0.3, 0.4) is 0 Å². The molecule has 0 aromatic heterocycles. The second-order valence-electron chi connectivity index (χ2n) is 6.44. The van der Waals surface area contributed by atoms with Crippen LogP contribution in [0, 0.1) is 6.92 Å². The van der Waals surface area contributed by atoms with Gasteiger partial charge in [0, 0.05) is 15.7 Å². The number of rotatable bonds is 6. The van der Waals surface area contributed by atoms with E-state index in [1.165, 1.54) is 12.1 Å². The van der Waals surface area contributed by atoms with Gasteiger partial charge < -0.3 is 5.32 Å². The number of amides is 1. The molecule has 0 saturated carbocycles. The van der Waals surface area contributed by atoms with E-state index in [-0.39, 0.29) is 17.2 Å². The lowest BCUT2D eigenvalue weighted by atomic mass is 10.1. The van der Waals surface area contributed by atoms with Gasteiger partial charge in [-0.2, -0.15) is 0 Å². The van der Waals surface area contributed by atoms with Crippen LogP contribution in [0.4, 0.5) is 11.4 Å². The maximum Gasteiger partial charge on any atom is 0.261 e. The summed E-state index contributed by atoms with van der Waals surface area (Å²) >= 11 is 11.8. The normalized spacial score (nSPS) is 11.1. The zero-order chi connectivity index (χ0) is 21.0. The summed E-state index contributed by atoms with van der Waals surface area (Å²) in [7, 11) is -3.78. The Hall–Kier alpha value is -2.54. The molecule has 0 spiro atoms. The van der Waals surface area contributed by atoms with Crippen LogP contribution >= 0.6 is 23.2 Å². The number of carbonyl (C=O) groups is 1. The summed E-state index contributed by atoms with van der Waals surface area (Å²) in [5, 5.41) is 3.79. The number of hydrogen-bond donors (Lipinski definition) is 2. The van der Waals surface area contributed by atoms with E-state index in [2.05, 4.69) is 10.0 Å². The van der Waals surface area contributed by atoms with Crippen LogP contribution in [0.1, 0.15) is 11.1 Å². The Morgan fingerprint density at radius 3 is 2.17 bits per heavy atom. The van der Waals surface area contributed by atoms with Gasteiger partial charge in [-0.15, -0.1) is 0 Å². The van der Waals surface area contributed by atoms with Gasteiger partial charge in [0.25, 0.3) is 10.0 Å². The van der Waals surface area contributed by atoms with Crippen molar-refractivity contribution in [3.05, 3.63) is 87.9 Å². The summed E-state index contributed by atoms with van der Waals surface area (Å²) < 4.78 is 27.8. The summed E-state index contributed by atoms with van der Waals surface area (Å²) in [6, 6.07) is 17.9. The molecule has 1 amide bonds. The third kappa shape index (κ3) is 5.73. The van der Waals surface area contributed by atoms with Crippen molar-refractivity contribution < 1.29 is 13.2 Å². The first-order valence-electron chi connectivity index (χ1n) is 8.66. The maximum atomic E-state index is 12.6. The number of benzene rings is 3. The van der Waals surface area contributed by atoms with E-state index in [1.54, 1.807) is 61.5 Å². The molecule has 5 nitrogen and oxygen atoms in total. The van der Waals surface area contributed by atoms with E-state index in [1.807, 2.05) is 0 Å². The predicted octanol–water partition coefficient (Wildman–Crippen LogP) is 5.28.